The molecule has 1 aromatic carbocycles. The number of rotatable bonds is 7. The molecular formula is C14H20BrNO3. The first-order valence-electron chi connectivity index (χ1n) is 6.24. The summed E-state index contributed by atoms with van der Waals surface area (Å²) in [5.74, 6) is 0.616. The Balaban J connectivity index is 2.60. The van der Waals surface area contributed by atoms with Crippen molar-refractivity contribution in [3.63, 3.8) is 0 Å². The number of carbonyl (C=O) groups excluding carboxylic acids is 1. The van der Waals surface area contributed by atoms with E-state index in [0.29, 0.717) is 13.2 Å². The summed E-state index contributed by atoms with van der Waals surface area (Å²) >= 11 is 3.29. The van der Waals surface area contributed by atoms with E-state index in [1.165, 1.54) is 0 Å². The summed E-state index contributed by atoms with van der Waals surface area (Å²) < 4.78 is 10.8. The van der Waals surface area contributed by atoms with E-state index in [2.05, 4.69) is 21.2 Å². The molecule has 1 N–H and O–H groups in total. The number of carbonyl (C=O) groups is 1. The Bertz CT molecular complexity index is 404. The average molecular weight is 330 g/mol. The van der Waals surface area contributed by atoms with Crippen LogP contribution in [0.4, 0.5) is 5.69 Å². The van der Waals surface area contributed by atoms with Gasteiger partial charge in [0.2, 0.25) is 0 Å². The van der Waals surface area contributed by atoms with Gasteiger partial charge >= 0.3 is 0 Å². The number of ether oxygens (including phenoxy) is 2. The van der Waals surface area contributed by atoms with E-state index < -0.39 is 5.60 Å². The number of hydrogen-bond acceptors (Lipinski definition) is 3. The van der Waals surface area contributed by atoms with Gasteiger partial charge in [0.25, 0.3) is 5.91 Å². The molecule has 0 bridgehead atoms. The van der Waals surface area contributed by atoms with Crippen LogP contribution in [0.2, 0.25) is 0 Å². The topological polar surface area (TPSA) is 47.6 Å². The molecule has 0 saturated carbocycles. The van der Waals surface area contributed by atoms with E-state index in [0.717, 1.165) is 16.8 Å². The van der Waals surface area contributed by atoms with Crippen molar-refractivity contribution in [1.82, 2.24) is 0 Å². The van der Waals surface area contributed by atoms with Crippen LogP contribution >= 0.6 is 15.9 Å². The monoisotopic (exact) mass is 329 g/mol. The highest BCUT2D eigenvalue weighted by Crippen LogP contribution is 2.18. The fourth-order valence-electron chi connectivity index (χ4n) is 1.50. The van der Waals surface area contributed by atoms with Crippen molar-refractivity contribution < 1.29 is 14.3 Å². The van der Waals surface area contributed by atoms with Crippen LogP contribution in [0.1, 0.15) is 20.8 Å². The molecule has 0 fully saturated rings. The minimum absolute atomic E-state index is 0.163. The van der Waals surface area contributed by atoms with Crippen molar-refractivity contribution in [2.45, 2.75) is 26.4 Å². The van der Waals surface area contributed by atoms with Crippen LogP contribution in [0.25, 0.3) is 0 Å². The summed E-state index contributed by atoms with van der Waals surface area (Å²) in [6.07, 6.45) is 0. The van der Waals surface area contributed by atoms with Gasteiger partial charge < -0.3 is 14.8 Å². The lowest BCUT2D eigenvalue weighted by atomic mass is 10.1. The fourth-order valence-corrected chi connectivity index (χ4v) is 1.66. The van der Waals surface area contributed by atoms with Crippen molar-refractivity contribution in [3.05, 3.63) is 24.3 Å². The number of anilines is 1. The molecule has 0 aromatic heterocycles. The third-order valence-corrected chi connectivity index (χ3v) is 2.83. The van der Waals surface area contributed by atoms with Crippen molar-refractivity contribution in [1.29, 1.82) is 0 Å². The summed E-state index contributed by atoms with van der Waals surface area (Å²) in [7, 11) is 0. The second-order valence-corrected chi connectivity index (χ2v) is 5.25. The molecule has 5 heteroatoms. The highest BCUT2D eigenvalue weighted by Gasteiger charge is 2.27. The zero-order valence-electron chi connectivity index (χ0n) is 11.5. The lowest BCUT2D eigenvalue weighted by molar-refractivity contribution is -0.136. The van der Waals surface area contributed by atoms with Crippen LogP contribution in [0.3, 0.4) is 0 Å². The molecule has 0 aliphatic carbocycles. The Labute approximate surface area is 122 Å². The first-order chi connectivity index (χ1) is 8.99. The minimum atomic E-state index is -0.833. The molecule has 0 atom stereocenters. The maximum atomic E-state index is 12.0. The Kier molecular flexibility index (Phi) is 6.31. The number of hydrogen-bond donors (Lipinski definition) is 1. The SMILES string of the molecule is CCOC(C)(C)C(=O)Nc1ccc(OCCBr)cc1. The van der Waals surface area contributed by atoms with Crippen LogP contribution in [-0.2, 0) is 9.53 Å². The van der Waals surface area contributed by atoms with E-state index in [1.54, 1.807) is 13.8 Å². The van der Waals surface area contributed by atoms with Gasteiger partial charge in [-0.2, -0.15) is 0 Å². The van der Waals surface area contributed by atoms with E-state index in [4.69, 9.17) is 9.47 Å². The molecule has 106 valence electrons. The molecule has 4 nitrogen and oxygen atoms in total. The smallest absolute Gasteiger partial charge is 0.256 e. The summed E-state index contributed by atoms with van der Waals surface area (Å²) in [5, 5.41) is 3.61. The molecule has 1 rings (SSSR count). The van der Waals surface area contributed by atoms with Gasteiger partial charge in [-0.1, -0.05) is 15.9 Å². The summed E-state index contributed by atoms with van der Waals surface area (Å²) in [5.41, 5.74) is -0.108. The van der Waals surface area contributed by atoms with Crippen LogP contribution in [0, 0.1) is 0 Å². The Morgan fingerprint density at radius 1 is 1.32 bits per heavy atom. The number of nitrogens with one attached hydrogen (secondary N) is 1. The molecule has 0 aliphatic heterocycles. The van der Waals surface area contributed by atoms with E-state index in [-0.39, 0.29) is 5.91 Å². The van der Waals surface area contributed by atoms with Crippen LogP contribution in [0.5, 0.6) is 5.75 Å². The number of alkyl halides is 1. The average Bonchev–Trinajstić information content (AvgIpc) is 2.38. The summed E-state index contributed by atoms with van der Waals surface area (Å²) in [6, 6.07) is 7.27. The molecule has 19 heavy (non-hydrogen) atoms. The second kappa shape index (κ2) is 7.50. The molecular weight excluding hydrogens is 310 g/mol. The summed E-state index contributed by atoms with van der Waals surface area (Å²) in [4.78, 5) is 12.0. The molecule has 0 unspecified atom stereocenters. The Morgan fingerprint density at radius 2 is 1.95 bits per heavy atom. The van der Waals surface area contributed by atoms with E-state index in [1.807, 2.05) is 31.2 Å². The van der Waals surface area contributed by atoms with Gasteiger partial charge in [0, 0.05) is 17.6 Å². The van der Waals surface area contributed by atoms with Crippen molar-refractivity contribution in [3.8, 4) is 5.75 Å². The first kappa shape index (κ1) is 16.0. The number of benzene rings is 1. The van der Waals surface area contributed by atoms with Crippen molar-refractivity contribution in [2.24, 2.45) is 0 Å². The Morgan fingerprint density at radius 3 is 2.47 bits per heavy atom. The van der Waals surface area contributed by atoms with Gasteiger partial charge in [-0.15, -0.1) is 0 Å². The molecule has 0 spiro atoms. The van der Waals surface area contributed by atoms with Gasteiger partial charge in [0.1, 0.15) is 11.4 Å². The molecule has 0 heterocycles. The lowest BCUT2D eigenvalue weighted by Crippen LogP contribution is -2.39. The van der Waals surface area contributed by atoms with Crippen molar-refractivity contribution >= 4 is 27.5 Å². The van der Waals surface area contributed by atoms with Gasteiger partial charge in [-0.25, -0.2) is 0 Å². The van der Waals surface area contributed by atoms with Gasteiger partial charge in [0.15, 0.2) is 0 Å². The minimum Gasteiger partial charge on any atom is -0.493 e. The molecule has 1 aromatic rings. The third kappa shape index (κ3) is 5.20. The van der Waals surface area contributed by atoms with E-state index >= 15 is 0 Å². The summed E-state index contributed by atoms with van der Waals surface area (Å²) in [6.45, 7) is 6.48. The molecule has 1 amide bonds. The quantitative estimate of drug-likeness (QED) is 0.781. The van der Waals surface area contributed by atoms with Crippen LogP contribution in [-0.4, -0.2) is 30.1 Å². The zero-order chi connectivity index (χ0) is 14.3. The van der Waals surface area contributed by atoms with Crippen LogP contribution in [0.15, 0.2) is 24.3 Å². The third-order valence-electron chi connectivity index (χ3n) is 2.51. The molecule has 0 aliphatic rings. The standard InChI is InChI=1S/C14H20BrNO3/c1-4-19-14(2,3)13(17)16-11-5-7-12(8-6-11)18-10-9-15/h5-8H,4,9-10H2,1-3H3,(H,16,17). The van der Waals surface area contributed by atoms with Crippen molar-refractivity contribution in [2.75, 3.05) is 23.9 Å². The van der Waals surface area contributed by atoms with Gasteiger partial charge in [0.05, 0.1) is 6.61 Å². The Hall–Kier alpha value is -1.07. The van der Waals surface area contributed by atoms with Crippen LogP contribution < -0.4 is 10.1 Å². The molecule has 0 saturated heterocycles. The van der Waals surface area contributed by atoms with E-state index in [9.17, 15) is 4.79 Å². The lowest BCUT2D eigenvalue weighted by Gasteiger charge is -2.23. The highest BCUT2D eigenvalue weighted by molar-refractivity contribution is 9.09. The predicted octanol–water partition coefficient (Wildman–Crippen LogP) is 3.21. The van der Waals surface area contributed by atoms with Gasteiger partial charge in [-0.3, -0.25) is 4.79 Å². The number of amides is 1. The van der Waals surface area contributed by atoms with Gasteiger partial charge in [-0.05, 0) is 45.0 Å². The molecule has 0 radical (unpaired) electrons. The second-order valence-electron chi connectivity index (χ2n) is 4.46. The fraction of sp³-hybridized carbons (Fsp3) is 0.500. The predicted molar refractivity (Wildman–Crippen MR) is 80.1 cm³/mol. The number of halogens is 1. The first-order valence-corrected chi connectivity index (χ1v) is 7.36. The maximum Gasteiger partial charge on any atom is 0.256 e. The maximum absolute atomic E-state index is 12.0. The zero-order valence-corrected chi connectivity index (χ0v) is 13.1. The normalized spacial score (nSPS) is 11.2. The highest BCUT2D eigenvalue weighted by atomic mass is 79.9. The largest absolute Gasteiger partial charge is 0.493 e.